The topological polar surface area (TPSA) is 27.7 Å². The summed E-state index contributed by atoms with van der Waals surface area (Å²) in [6, 6.07) is 22.4. The first kappa shape index (κ1) is 32.3. The molecular formula is C34H46Cl2NO3+. The molecule has 0 saturated heterocycles. The fourth-order valence-electron chi connectivity index (χ4n) is 4.66. The van der Waals surface area contributed by atoms with E-state index < -0.39 is 0 Å². The molecule has 0 amide bonds. The molecule has 0 bridgehead atoms. The van der Waals surface area contributed by atoms with E-state index in [0.29, 0.717) is 36.5 Å². The molecule has 6 heteroatoms. The Hall–Kier alpha value is -2.24. The summed E-state index contributed by atoms with van der Waals surface area (Å²) in [5.74, 6) is 1.73. The highest BCUT2D eigenvalue weighted by molar-refractivity contribution is 6.42. The SMILES string of the molecule is CCCCCC(C)(C)c1ccc(OCCOCC[N+](C)(C)Cc2ccc(OCc3ccc(Cl)c(Cl)c3)cc2)cc1. The molecule has 0 radical (unpaired) electrons. The third-order valence-corrected chi connectivity index (χ3v) is 8.04. The Kier molecular flexibility index (Phi) is 12.6. The number of hydrogen-bond acceptors (Lipinski definition) is 3. The van der Waals surface area contributed by atoms with Crippen LogP contribution < -0.4 is 9.47 Å². The van der Waals surface area contributed by atoms with Crippen LogP contribution in [0.2, 0.25) is 10.0 Å². The molecule has 0 atom stereocenters. The van der Waals surface area contributed by atoms with E-state index in [1.54, 1.807) is 6.07 Å². The first-order chi connectivity index (χ1) is 19.1. The molecule has 40 heavy (non-hydrogen) atoms. The quantitative estimate of drug-likeness (QED) is 0.116. The van der Waals surface area contributed by atoms with Crippen molar-refractivity contribution in [1.29, 1.82) is 0 Å². The van der Waals surface area contributed by atoms with Crippen LogP contribution in [0.1, 0.15) is 63.1 Å². The Morgan fingerprint density at radius 2 is 1.38 bits per heavy atom. The van der Waals surface area contributed by atoms with Gasteiger partial charge >= 0.3 is 0 Å². The van der Waals surface area contributed by atoms with Crippen molar-refractivity contribution in [3.63, 3.8) is 0 Å². The molecule has 3 aromatic rings. The smallest absolute Gasteiger partial charge is 0.119 e. The number of ether oxygens (including phenoxy) is 3. The Balaban J connectivity index is 1.32. The average Bonchev–Trinajstić information content (AvgIpc) is 2.92. The fraction of sp³-hybridized carbons (Fsp3) is 0.471. The van der Waals surface area contributed by atoms with E-state index in [2.05, 4.69) is 71.3 Å². The van der Waals surface area contributed by atoms with Crippen molar-refractivity contribution >= 4 is 23.2 Å². The fourth-order valence-corrected chi connectivity index (χ4v) is 4.98. The summed E-state index contributed by atoms with van der Waals surface area (Å²) in [5.41, 5.74) is 3.81. The Morgan fingerprint density at radius 3 is 2.05 bits per heavy atom. The Bertz CT molecular complexity index is 1160. The molecule has 0 saturated carbocycles. The average molecular weight is 588 g/mol. The molecule has 3 aromatic carbocycles. The van der Waals surface area contributed by atoms with Crippen molar-refractivity contribution in [2.45, 2.75) is 65.0 Å². The van der Waals surface area contributed by atoms with Crippen LogP contribution in [0.3, 0.4) is 0 Å². The number of benzene rings is 3. The van der Waals surface area contributed by atoms with Crippen LogP contribution >= 0.6 is 23.2 Å². The lowest BCUT2D eigenvalue weighted by Gasteiger charge is -2.29. The molecule has 0 aliphatic carbocycles. The van der Waals surface area contributed by atoms with Crippen LogP contribution in [0, 0.1) is 0 Å². The highest BCUT2D eigenvalue weighted by Gasteiger charge is 2.20. The van der Waals surface area contributed by atoms with Gasteiger partial charge in [0, 0.05) is 5.56 Å². The van der Waals surface area contributed by atoms with Crippen molar-refractivity contribution in [1.82, 2.24) is 0 Å². The van der Waals surface area contributed by atoms with E-state index in [4.69, 9.17) is 37.4 Å². The van der Waals surface area contributed by atoms with Gasteiger partial charge in [-0.3, -0.25) is 0 Å². The standard InChI is InChI=1S/C34H46Cl2NO3/c1-6-7-8-19-34(2,3)29-12-16-30(17-13-29)39-23-22-38-21-20-37(4,5)25-27-9-14-31(15-10-27)40-26-28-11-18-32(35)33(36)24-28/h9-18,24H,6-8,19-23,25-26H2,1-5H3/q+1. The van der Waals surface area contributed by atoms with Gasteiger partial charge < -0.3 is 18.7 Å². The van der Waals surface area contributed by atoms with Gasteiger partial charge in [0.05, 0.1) is 37.4 Å². The molecular weight excluding hydrogens is 541 g/mol. The molecule has 0 heterocycles. The van der Waals surface area contributed by atoms with Crippen molar-refractivity contribution in [3.05, 3.63) is 93.5 Å². The molecule has 4 nitrogen and oxygen atoms in total. The molecule has 0 fully saturated rings. The normalized spacial score (nSPS) is 12.0. The lowest BCUT2D eigenvalue weighted by atomic mass is 9.80. The first-order valence-corrected chi connectivity index (χ1v) is 15.1. The minimum atomic E-state index is 0.199. The van der Waals surface area contributed by atoms with Gasteiger partial charge in [-0.1, -0.05) is 81.4 Å². The minimum absolute atomic E-state index is 0.199. The zero-order valence-corrected chi connectivity index (χ0v) is 26.4. The predicted octanol–water partition coefficient (Wildman–Crippen LogP) is 9.10. The Morgan fingerprint density at radius 1 is 0.725 bits per heavy atom. The van der Waals surface area contributed by atoms with Crippen molar-refractivity contribution < 1.29 is 18.7 Å². The summed E-state index contributed by atoms with van der Waals surface area (Å²) in [6.07, 6.45) is 5.05. The summed E-state index contributed by atoms with van der Waals surface area (Å²) in [5, 5.41) is 1.09. The summed E-state index contributed by atoms with van der Waals surface area (Å²) < 4.78 is 18.5. The van der Waals surface area contributed by atoms with Gasteiger partial charge in [-0.05, 0) is 71.5 Å². The maximum Gasteiger partial charge on any atom is 0.119 e. The van der Waals surface area contributed by atoms with Gasteiger partial charge in [0.2, 0.25) is 0 Å². The van der Waals surface area contributed by atoms with Crippen LogP contribution in [0.15, 0.2) is 66.7 Å². The maximum absolute atomic E-state index is 6.09. The molecule has 0 aliphatic heterocycles. The highest BCUT2D eigenvalue weighted by atomic mass is 35.5. The van der Waals surface area contributed by atoms with Gasteiger partial charge in [-0.2, -0.15) is 0 Å². The molecule has 3 rings (SSSR count). The molecule has 0 spiro atoms. The van der Waals surface area contributed by atoms with Crippen LogP contribution in [0.25, 0.3) is 0 Å². The zero-order valence-electron chi connectivity index (χ0n) is 24.8. The number of quaternary nitrogens is 1. The second kappa shape index (κ2) is 15.7. The maximum atomic E-state index is 6.09. The molecule has 0 N–H and O–H groups in total. The third-order valence-electron chi connectivity index (χ3n) is 7.30. The second-order valence-corrected chi connectivity index (χ2v) is 12.6. The van der Waals surface area contributed by atoms with E-state index in [-0.39, 0.29) is 5.41 Å². The van der Waals surface area contributed by atoms with Gasteiger partial charge in [-0.25, -0.2) is 0 Å². The van der Waals surface area contributed by atoms with Crippen LogP contribution in [0.5, 0.6) is 11.5 Å². The van der Waals surface area contributed by atoms with E-state index in [9.17, 15) is 0 Å². The lowest BCUT2D eigenvalue weighted by Crippen LogP contribution is -2.41. The number of likely N-dealkylation sites (N-methyl/N-ethyl adjacent to an activating group) is 1. The number of unbranched alkanes of at least 4 members (excludes halogenated alkanes) is 2. The van der Waals surface area contributed by atoms with Gasteiger partial charge in [0.25, 0.3) is 0 Å². The molecule has 0 aromatic heterocycles. The summed E-state index contributed by atoms with van der Waals surface area (Å²) in [7, 11) is 4.44. The number of hydrogen-bond donors (Lipinski definition) is 0. The second-order valence-electron chi connectivity index (χ2n) is 11.8. The number of nitrogens with zero attached hydrogens (tertiary/aromatic N) is 1. The van der Waals surface area contributed by atoms with E-state index in [1.807, 2.05) is 24.3 Å². The van der Waals surface area contributed by atoms with Gasteiger partial charge in [0.1, 0.15) is 37.8 Å². The number of halogens is 2. The first-order valence-electron chi connectivity index (χ1n) is 14.4. The van der Waals surface area contributed by atoms with Crippen LogP contribution in [-0.4, -0.2) is 44.9 Å². The number of rotatable bonds is 17. The monoisotopic (exact) mass is 586 g/mol. The van der Waals surface area contributed by atoms with E-state index in [0.717, 1.165) is 34.6 Å². The van der Waals surface area contributed by atoms with Crippen molar-refractivity contribution in [2.24, 2.45) is 0 Å². The van der Waals surface area contributed by atoms with Crippen molar-refractivity contribution in [3.8, 4) is 11.5 Å². The summed E-state index contributed by atoms with van der Waals surface area (Å²) in [6.45, 7) is 11.0. The third kappa shape index (κ3) is 11.0. The van der Waals surface area contributed by atoms with Crippen molar-refractivity contribution in [2.75, 3.05) is 40.5 Å². The highest BCUT2D eigenvalue weighted by Crippen LogP contribution is 2.30. The van der Waals surface area contributed by atoms with Gasteiger partial charge in [0.15, 0.2) is 0 Å². The van der Waals surface area contributed by atoms with Gasteiger partial charge in [-0.15, -0.1) is 0 Å². The Labute approximate surface area is 251 Å². The summed E-state index contributed by atoms with van der Waals surface area (Å²) in [4.78, 5) is 0. The van der Waals surface area contributed by atoms with E-state index in [1.165, 1.54) is 36.8 Å². The van der Waals surface area contributed by atoms with Crippen LogP contribution in [-0.2, 0) is 23.3 Å². The van der Waals surface area contributed by atoms with Crippen LogP contribution in [0.4, 0.5) is 0 Å². The minimum Gasteiger partial charge on any atom is -0.491 e. The molecule has 0 unspecified atom stereocenters. The zero-order chi connectivity index (χ0) is 29.0. The predicted molar refractivity (Wildman–Crippen MR) is 168 cm³/mol. The largest absolute Gasteiger partial charge is 0.491 e. The van der Waals surface area contributed by atoms with E-state index >= 15 is 0 Å². The molecule has 0 aliphatic rings. The summed E-state index contributed by atoms with van der Waals surface area (Å²) >= 11 is 12.1. The lowest BCUT2D eigenvalue weighted by molar-refractivity contribution is -0.904. The molecule has 218 valence electrons.